The zero-order valence-corrected chi connectivity index (χ0v) is 13.4. The molecule has 1 aromatic carbocycles. The zero-order valence-electron chi connectivity index (χ0n) is 11.9. The number of benzene rings is 1. The lowest BCUT2D eigenvalue weighted by atomic mass is 10.2. The third-order valence-corrected chi connectivity index (χ3v) is 5.00. The molecule has 4 aromatic rings. The van der Waals surface area contributed by atoms with Gasteiger partial charge in [0.2, 0.25) is 0 Å². The van der Waals surface area contributed by atoms with Gasteiger partial charge in [-0.25, -0.2) is 4.98 Å². The fourth-order valence-corrected chi connectivity index (χ4v) is 3.86. The van der Waals surface area contributed by atoms with Gasteiger partial charge in [-0.05, 0) is 24.3 Å². The number of amides is 1. The second kappa shape index (κ2) is 5.68. The minimum absolute atomic E-state index is 0.150. The summed E-state index contributed by atoms with van der Waals surface area (Å²) < 4.78 is 6.19. The molecule has 0 saturated carbocycles. The van der Waals surface area contributed by atoms with Crippen molar-refractivity contribution in [3.63, 3.8) is 0 Å². The van der Waals surface area contributed by atoms with Gasteiger partial charge in [-0.15, -0.1) is 11.3 Å². The summed E-state index contributed by atoms with van der Waals surface area (Å²) in [6.07, 6.45) is 1.58. The lowest BCUT2D eigenvalue weighted by Gasteiger charge is -2.00. The summed E-state index contributed by atoms with van der Waals surface area (Å²) in [5, 5.41) is 5.07. The highest BCUT2D eigenvalue weighted by Crippen LogP contribution is 2.35. The summed E-state index contributed by atoms with van der Waals surface area (Å²) >= 11 is 7.68. The fraction of sp³-hybridized carbons (Fsp3) is 0.0588. The lowest BCUT2D eigenvalue weighted by Crippen LogP contribution is -2.21. The minimum atomic E-state index is -0.150. The van der Waals surface area contributed by atoms with Crippen LogP contribution in [0.4, 0.5) is 0 Å². The van der Waals surface area contributed by atoms with Crippen molar-refractivity contribution in [3.05, 3.63) is 64.5 Å². The summed E-state index contributed by atoms with van der Waals surface area (Å²) in [4.78, 5) is 17.3. The maximum Gasteiger partial charge on any atom is 0.261 e. The van der Waals surface area contributed by atoms with Crippen LogP contribution in [0.1, 0.15) is 15.4 Å². The molecule has 0 saturated heterocycles. The van der Waals surface area contributed by atoms with Crippen molar-refractivity contribution >= 4 is 49.8 Å². The zero-order chi connectivity index (χ0) is 15.8. The normalized spacial score (nSPS) is 11.2. The number of thiophene rings is 1. The van der Waals surface area contributed by atoms with Gasteiger partial charge in [-0.3, -0.25) is 4.79 Å². The van der Waals surface area contributed by atoms with Gasteiger partial charge in [-0.1, -0.05) is 29.8 Å². The van der Waals surface area contributed by atoms with E-state index in [0.29, 0.717) is 22.3 Å². The monoisotopic (exact) mass is 342 g/mol. The molecule has 3 heterocycles. The van der Waals surface area contributed by atoms with Crippen LogP contribution in [-0.2, 0) is 6.54 Å². The Kier molecular flexibility index (Phi) is 3.52. The summed E-state index contributed by atoms with van der Waals surface area (Å²) in [5.41, 5.74) is 0.828. The summed E-state index contributed by atoms with van der Waals surface area (Å²) in [6.45, 7) is 0.354. The Morgan fingerprint density at radius 1 is 1.22 bits per heavy atom. The SMILES string of the molecule is O=C(NCc1ccco1)c1cc2c(Cl)nc3ccccc3c2s1. The average molecular weight is 343 g/mol. The van der Waals surface area contributed by atoms with Crippen LogP contribution in [-0.4, -0.2) is 10.9 Å². The van der Waals surface area contributed by atoms with E-state index in [2.05, 4.69) is 10.3 Å². The van der Waals surface area contributed by atoms with Crippen molar-refractivity contribution in [2.45, 2.75) is 6.54 Å². The molecule has 6 heteroatoms. The quantitative estimate of drug-likeness (QED) is 0.552. The molecule has 0 unspecified atom stereocenters. The molecule has 0 spiro atoms. The summed E-state index contributed by atoms with van der Waals surface area (Å²) in [7, 11) is 0. The molecule has 0 aliphatic carbocycles. The number of aromatic nitrogens is 1. The van der Waals surface area contributed by atoms with E-state index in [-0.39, 0.29) is 5.91 Å². The molecule has 114 valence electrons. The van der Waals surface area contributed by atoms with E-state index in [0.717, 1.165) is 21.0 Å². The van der Waals surface area contributed by atoms with Crippen LogP contribution in [0.5, 0.6) is 0 Å². The van der Waals surface area contributed by atoms with Crippen molar-refractivity contribution in [1.29, 1.82) is 0 Å². The first-order valence-electron chi connectivity index (χ1n) is 7.01. The largest absolute Gasteiger partial charge is 0.467 e. The molecular formula is C17H11ClN2O2S. The van der Waals surface area contributed by atoms with E-state index in [4.69, 9.17) is 16.0 Å². The Hall–Kier alpha value is -2.37. The third-order valence-electron chi connectivity index (χ3n) is 3.55. The van der Waals surface area contributed by atoms with Gasteiger partial charge < -0.3 is 9.73 Å². The van der Waals surface area contributed by atoms with Crippen LogP contribution in [0.2, 0.25) is 5.15 Å². The van der Waals surface area contributed by atoms with Gasteiger partial charge in [0, 0.05) is 15.5 Å². The van der Waals surface area contributed by atoms with Crippen LogP contribution < -0.4 is 5.32 Å². The van der Waals surface area contributed by atoms with Gasteiger partial charge in [0.25, 0.3) is 5.91 Å². The number of halogens is 1. The standard InChI is InChI=1S/C17H11ClN2O2S/c18-16-12-8-14(17(21)19-9-10-4-3-7-22-10)23-15(12)11-5-1-2-6-13(11)20-16/h1-8H,9H2,(H,19,21). The molecule has 0 radical (unpaired) electrons. The number of carbonyl (C=O) groups excluding carboxylic acids is 1. The van der Waals surface area contributed by atoms with Crippen molar-refractivity contribution < 1.29 is 9.21 Å². The van der Waals surface area contributed by atoms with Gasteiger partial charge in [0.1, 0.15) is 10.9 Å². The van der Waals surface area contributed by atoms with E-state index < -0.39 is 0 Å². The Labute approximate surface area is 140 Å². The molecule has 3 aromatic heterocycles. The molecule has 0 aliphatic rings. The van der Waals surface area contributed by atoms with Crippen LogP contribution in [0.15, 0.2) is 53.1 Å². The second-order valence-electron chi connectivity index (χ2n) is 5.04. The number of furan rings is 1. The number of fused-ring (bicyclic) bond motifs is 3. The Balaban J connectivity index is 1.72. The number of nitrogens with one attached hydrogen (secondary N) is 1. The van der Waals surface area contributed by atoms with E-state index in [1.54, 1.807) is 18.4 Å². The van der Waals surface area contributed by atoms with Gasteiger partial charge in [0.05, 0.1) is 23.2 Å². The molecule has 4 nitrogen and oxygen atoms in total. The van der Waals surface area contributed by atoms with E-state index in [9.17, 15) is 4.79 Å². The Morgan fingerprint density at radius 2 is 2.09 bits per heavy atom. The van der Waals surface area contributed by atoms with Crippen LogP contribution >= 0.6 is 22.9 Å². The number of rotatable bonds is 3. The number of hydrogen-bond acceptors (Lipinski definition) is 4. The molecule has 0 bridgehead atoms. The average Bonchev–Trinajstić information content (AvgIpc) is 3.23. The first-order chi connectivity index (χ1) is 11.2. The molecule has 1 amide bonds. The summed E-state index contributed by atoms with van der Waals surface area (Å²) in [5.74, 6) is 0.562. The number of nitrogens with zero attached hydrogens (tertiary/aromatic N) is 1. The van der Waals surface area contributed by atoms with Gasteiger partial charge in [0.15, 0.2) is 0 Å². The van der Waals surface area contributed by atoms with Crippen LogP contribution in [0, 0.1) is 0 Å². The minimum Gasteiger partial charge on any atom is -0.467 e. The predicted octanol–water partition coefficient (Wildman–Crippen LogP) is 4.63. The molecule has 0 fully saturated rings. The second-order valence-corrected chi connectivity index (χ2v) is 6.45. The fourth-order valence-electron chi connectivity index (χ4n) is 2.45. The number of hydrogen-bond donors (Lipinski definition) is 1. The highest BCUT2D eigenvalue weighted by molar-refractivity contribution is 7.21. The van der Waals surface area contributed by atoms with Crippen LogP contribution in [0.3, 0.4) is 0 Å². The van der Waals surface area contributed by atoms with Crippen molar-refractivity contribution in [2.24, 2.45) is 0 Å². The third kappa shape index (κ3) is 2.58. The van der Waals surface area contributed by atoms with Gasteiger partial charge >= 0.3 is 0 Å². The molecule has 1 N–H and O–H groups in total. The lowest BCUT2D eigenvalue weighted by molar-refractivity contribution is 0.0952. The summed E-state index contributed by atoms with van der Waals surface area (Å²) in [6, 6.07) is 13.2. The van der Waals surface area contributed by atoms with E-state index in [1.807, 2.05) is 30.3 Å². The highest BCUT2D eigenvalue weighted by atomic mass is 35.5. The Morgan fingerprint density at radius 3 is 2.91 bits per heavy atom. The molecular weight excluding hydrogens is 332 g/mol. The smallest absolute Gasteiger partial charge is 0.261 e. The maximum atomic E-state index is 12.4. The van der Waals surface area contributed by atoms with Gasteiger partial charge in [-0.2, -0.15) is 0 Å². The first kappa shape index (κ1) is 14.2. The van der Waals surface area contributed by atoms with E-state index in [1.165, 1.54) is 11.3 Å². The predicted molar refractivity (Wildman–Crippen MR) is 92.0 cm³/mol. The maximum absolute atomic E-state index is 12.4. The van der Waals surface area contributed by atoms with Crippen molar-refractivity contribution in [2.75, 3.05) is 0 Å². The molecule has 4 rings (SSSR count). The van der Waals surface area contributed by atoms with Crippen molar-refractivity contribution in [3.8, 4) is 0 Å². The number of pyridine rings is 1. The van der Waals surface area contributed by atoms with Crippen molar-refractivity contribution in [1.82, 2.24) is 10.3 Å². The van der Waals surface area contributed by atoms with Crippen LogP contribution in [0.25, 0.3) is 21.0 Å². The highest BCUT2D eigenvalue weighted by Gasteiger charge is 2.15. The van der Waals surface area contributed by atoms with E-state index >= 15 is 0 Å². The molecule has 23 heavy (non-hydrogen) atoms. The molecule has 0 aliphatic heterocycles. The molecule has 0 atom stereocenters. The number of para-hydroxylation sites is 1. The first-order valence-corrected chi connectivity index (χ1v) is 8.20. The number of carbonyl (C=O) groups is 1. The Bertz CT molecular complexity index is 1010. The topological polar surface area (TPSA) is 55.1 Å².